The number of hydrogen-bond acceptors (Lipinski definition) is 3. The minimum atomic E-state index is -3.33. The number of anilines is 1. The van der Waals surface area contributed by atoms with E-state index in [0.29, 0.717) is 6.61 Å². The lowest BCUT2D eigenvalue weighted by atomic mass is 10.1. The van der Waals surface area contributed by atoms with Crippen molar-refractivity contribution in [3.63, 3.8) is 0 Å². The van der Waals surface area contributed by atoms with Gasteiger partial charge in [0.15, 0.2) is 0 Å². The highest BCUT2D eigenvalue weighted by molar-refractivity contribution is 7.68. The number of nitrogens with one attached hydrogen (secondary N) is 1. The zero-order valence-corrected chi connectivity index (χ0v) is 17.3. The van der Waals surface area contributed by atoms with Gasteiger partial charge in [-0.3, -0.25) is 4.57 Å². The summed E-state index contributed by atoms with van der Waals surface area (Å²) in [6, 6.07) is 33.7. The van der Waals surface area contributed by atoms with E-state index in [1.807, 2.05) is 110 Å². The van der Waals surface area contributed by atoms with Crippen molar-refractivity contribution in [3.05, 3.63) is 109 Å². The van der Waals surface area contributed by atoms with Crippen LogP contribution in [0.15, 0.2) is 103 Å². The lowest BCUT2D eigenvalue weighted by Crippen LogP contribution is -2.21. The Morgan fingerprint density at radius 1 is 0.793 bits per heavy atom. The predicted octanol–water partition coefficient (Wildman–Crippen LogP) is 6.59. The molecule has 4 heteroatoms. The standard InChI is InChI=1S/C25H24NO2P/c1-2-28-29(27,24-19-11-15-20-12-9-10-18-23(20)24)25(21-13-5-3-6-14-21)26-22-16-7-4-8-17-22/h3-19,25-26H,2H2,1H3. The van der Waals surface area contributed by atoms with Crippen LogP contribution in [0.4, 0.5) is 5.69 Å². The van der Waals surface area contributed by atoms with Gasteiger partial charge < -0.3 is 9.84 Å². The monoisotopic (exact) mass is 401 g/mol. The van der Waals surface area contributed by atoms with Gasteiger partial charge in [-0.15, -0.1) is 0 Å². The van der Waals surface area contributed by atoms with E-state index in [-0.39, 0.29) is 0 Å². The second-order valence-electron chi connectivity index (χ2n) is 6.84. The van der Waals surface area contributed by atoms with Gasteiger partial charge in [-0.1, -0.05) is 84.9 Å². The number of rotatable bonds is 7. The molecule has 3 nitrogen and oxygen atoms in total. The van der Waals surface area contributed by atoms with Crippen LogP contribution >= 0.6 is 7.37 Å². The molecule has 0 saturated carbocycles. The van der Waals surface area contributed by atoms with Crippen LogP contribution in [0.3, 0.4) is 0 Å². The van der Waals surface area contributed by atoms with Gasteiger partial charge >= 0.3 is 0 Å². The van der Waals surface area contributed by atoms with Crippen LogP contribution in [0.2, 0.25) is 0 Å². The van der Waals surface area contributed by atoms with Crippen LogP contribution in [0.25, 0.3) is 10.8 Å². The zero-order valence-electron chi connectivity index (χ0n) is 16.4. The molecule has 4 aromatic rings. The Labute approximate surface area is 171 Å². The first-order valence-electron chi connectivity index (χ1n) is 9.81. The molecule has 4 rings (SSSR count). The topological polar surface area (TPSA) is 38.3 Å². The summed E-state index contributed by atoms with van der Waals surface area (Å²) in [5.41, 5.74) is 1.84. The molecule has 0 heterocycles. The van der Waals surface area contributed by atoms with E-state index in [4.69, 9.17) is 4.52 Å². The summed E-state index contributed by atoms with van der Waals surface area (Å²) in [4.78, 5) is 0. The Bertz CT molecular complexity index is 1120. The summed E-state index contributed by atoms with van der Waals surface area (Å²) in [5.74, 6) is -0.503. The van der Waals surface area contributed by atoms with E-state index in [2.05, 4.69) is 5.32 Å². The summed E-state index contributed by atoms with van der Waals surface area (Å²) in [5, 5.41) is 6.25. The summed E-state index contributed by atoms with van der Waals surface area (Å²) in [7, 11) is -3.33. The quantitative estimate of drug-likeness (QED) is 0.355. The number of fused-ring (bicyclic) bond motifs is 1. The molecule has 0 aliphatic carbocycles. The second-order valence-corrected chi connectivity index (χ2v) is 9.29. The third-order valence-electron chi connectivity index (χ3n) is 4.96. The predicted molar refractivity (Wildman–Crippen MR) is 122 cm³/mol. The molecule has 0 aliphatic heterocycles. The first kappa shape index (κ1) is 19.4. The minimum Gasteiger partial charge on any atom is -0.370 e. The molecule has 0 bridgehead atoms. The Morgan fingerprint density at radius 2 is 1.41 bits per heavy atom. The van der Waals surface area contributed by atoms with Gasteiger partial charge in [0.05, 0.1) is 6.61 Å². The lowest BCUT2D eigenvalue weighted by Gasteiger charge is -2.30. The van der Waals surface area contributed by atoms with E-state index in [1.54, 1.807) is 0 Å². The van der Waals surface area contributed by atoms with Crippen molar-refractivity contribution in [2.24, 2.45) is 0 Å². The minimum absolute atomic E-state index is 0.361. The van der Waals surface area contributed by atoms with Gasteiger partial charge in [0.25, 0.3) is 7.37 Å². The second kappa shape index (κ2) is 8.65. The Hall–Kier alpha value is -2.87. The van der Waals surface area contributed by atoms with E-state index in [0.717, 1.165) is 27.3 Å². The molecular formula is C25H24NO2P. The van der Waals surface area contributed by atoms with Gasteiger partial charge in [-0.25, -0.2) is 0 Å². The maximum absolute atomic E-state index is 14.6. The Kier molecular flexibility index (Phi) is 5.80. The number of hydrogen-bond donors (Lipinski definition) is 1. The Balaban J connectivity index is 1.91. The smallest absolute Gasteiger partial charge is 0.258 e. The molecule has 0 spiro atoms. The van der Waals surface area contributed by atoms with E-state index in [9.17, 15) is 4.57 Å². The van der Waals surface area contributed by atoms with Crippen LogP contribution < -0.4 is 10.6 Å². The molecule has 2 unspecified atom stereocenters. The molecule has 2 atom stereocenters. The zero-order chi connectivity index (χ0) is 20.1. The first-order chi connectivity index (χ1) is 14.2. The normalized spacial score (nSPS) is 14.2. The van der Waals surface area contributed by atoms with Gasteiger partial charge in [0, 0.05) is 11.0 Å². The molecule has 0 amide bonds. The number of para-hydroxylation sites is 1. The molecule has 1 N–H and O–H groups in total. The molecule has 0 fully saturated rings. The Morgan fingerprint density at radius 3 is 2.14 bits per heavy atom. The van der Waals surface area contributed by atoms with Crippen molar-refractivity contribution >= 4 is 29.1 Å². The van der Waals surface area contributed by atoms with Gasteiger partial charge in [-0.05, 0) is 41.5 Å². The summed E-state index contributed by atoms with van der Waals surface area (Å²) in [6.45, 7) is 2.25. The van der Waals surface area contributed by atoms with Gasteiger partial charge in [0.2, 0.25) is 0 Å². The molecule has 0 aromatic heterocycles. The van der Waals surface area contributed by atoms with Gasteiger partial charge in [-0.2, -0.15) is 0 Å². The van der Waals surface area contributed by atoms with Crippen molar-refractivity contribution < 1.29 is 9.09 Å². The fraction of sp³-hybridized carbons (Fsp3) is 0.120. The van der Waals surface area contributed by atoms with Crippen molar-refractivity contribution in [1.29, 1.82) is 0 Å². The summed E-state index contributed by atoms with van der Waals surface area (Å²) in [6.07, 6.45) is 0. The lowest BCUT2D eigenvalue weighted by molar-refractivity contribution is 0.335. The highest BCUT2D eigenvalue weighted by atomic mass is 31.2. The largest absolute Gasteiger partial charge is 0.370 e. The van der Waals surface area contributed by atoms with Crippen LogP contribution in [0.1, 0.15) is 18.3 Å². The maximum atomic E-state index is 14.6. The van der Waals surface area contributed by atoms with E-state index >= 15 is 0 Å². The molecule has 0 radical (unpaired) electrons. The highest BCUT2D eigenvalue weighted by Gasteiger charge is 2.38. The SMILES string of the molecule is CCOP(=O)(c1cccc2ccccc12)C(Nc1ccccc1)c1ccccc1. The van der Waals surface area contributed by atoms with Crippen molar-refractivity contribution in [3.8, 4) is 0 Å². The van der Waals surface area contributed by atoms with E-state index < -0.39 is 13.2 Å². The van der Waals surface area contributed by atoms with Crippen LogP contribution in [0, 0.1) is 0 Å². The van der Waals surface area contributed by atoms with Crippen LogP contribution in [0.5, 0.6) is 0 Å². The molecule has 4 aromatic carbocycles. The van der Waals surface area contributed by atoms with Crippen molar-refractivity contribution in [1.82, 2.24) is 0 Å². The molecule has 146 valence electrons. The molecule has 0 saturated heterocycles. The fourth-order valence-corrected chi connectivity index (χ4v) is 6.31. The van der Waals surface area contributed by atoms with Crippen LogP contribution in [-0.2, 0) is 9.09 Å². The van der Waals surface area contributed by atoms with Gasteiger partial charge in [0.1, 0.15) is 5.78 Å². The summed E-state index contributed by atoms with van der Waals surface area (Å²) >= 11 is 0. The van der Waals surface area contributed by atoms with E-state index in [1.165, 1.54) is 0 Å². The molecular weight excluding hydrogens is 377 g/mol. The average molecular weight is 401 g/mol. The first-order valence-corrected chi connectivity index (χ1v) is 11.5. The average Bonchev–Trinajstić information content (AvgIpc) is 2.78. The molecule has 29 heavy (non-hydrogen) atoms. The molecule has 0 aliphatic rings. The van der Waals surface area contributed by atoms with Crippen LogP contribution in [-0.4, -0.2) is 6.61 Å². The third-order valence-corrected chi connectivity index (χ3v) is 7.77. The number of benzene rings is 4. The maximum Gasteiger partial charge on any atom is 0.258 e. The fourth-order valence-electron chi connectivity index (χ4n) is 3.65. The third kappa shape index (κ3) is 3.98. The van der Waals surface area contributed by atoms with Crippen molar-refractivity contribution in [2.45, 2.75) is 12.7 Å². The van der Waals surface area contributed by atoms with Crippen molar-refractivity contribution in [2.75, 3.05) is 11.9 Å². The highest BCUT2D eigenvalue weighted by Crippen LogP contribution is 2.59. The summed E-state index contributed by atoms with van der Waals surface area (Å²) < 4.78 is 20.8.